The number of rotatable bonds is 7. The van der Waals surface area contributed by atoms with Gasteiger partial charge in [0.2, 0.25) is 0 Å². The number of hydrogen-bond acceptors (Lipinski definition) is 4. The molecule has 0 aromatic carbocycles. The van der Waals surface area contributed by atoms with Crippen molar-refractivity contribution in [2.45, 2.75) is 116 Å². The van der Waals surface area contributed by atoms with E-state index in [2.05, 4.69) is 30.6 Å². The zero-order valence-electron chi connectivity index (χ0n) is 19.5. The second-order valence-corrected chi connectivity index (χ2v) is 11.6. The van der Waals surface area contributed by atoms with Crippen molar-refractivity contribution in [2.24, 2.45) is 16.6 Å². The first-order chi connectivity index (χ1) is 13.9. The number of ether oxygens (including phenoxy) is 1. The molecule has 0 aromatic rings. The molecule has 2 saturated carbocycles. The summed E-state index contributed by atoms with van der Waals surface area (Å²) in [6.07, 6.45) is 15.8. The number of nitrogens with two attached hydrogens (primary N) is 1. The summed E-state index contributed by atoms with van der Waals surface area (Å²) in [5.74, 6) is 0. The number of likely N-dealkylation sites (tertiary alicyclic amines) is 2. The van der Waals surface area contributed by atoms with E-state index >= 15 is 0 Å². The van der Waals surface area contributed by atoms with E-state index in [-0.39, 0.29) is 0 Å². The van der Waals surface area contributed by atoms with E-state index < -0.39 is 0 Å². The van der Waals surface area contributed by atoms with Crippen molar-refractivity contribution in [1.82, 2.24) is 9.80 Å². The molecule has 0 amide bonds. The average molecular weight is 406 g/mol. The summed E-state index contributed by atoms with van der Waals surface area (Å²) >= 11 is 0. The van der Waals surface area contributed by atoms with Crippen molar-refractivity contribution in [1.29, 1.82) is 0 Å². The van der Waals surface area contributed by atoms with Gasteiger partial charge in [-0.25, -0.2) is 0 Å². The van der Waals surface area contributed by atoms with Gasteiger partial charge in [-0.05, 0) is 115 Å². The molecule has 2 saturated heterocycles. The van der Waals surface area contributed by atoms with E-state index in [1.165, 1.54) is 103 Å². The fourth-order valence-electron chi connectivity index (χ4n) is 6.59. The van der Waals surface area contributed by atoms with Gasteiger partial charge in [0.15, 0.2) is 0 Å². The summed E-state index contributed by atoms with van der Waals surface area (Å²) in [5.41, 5.74) is 7.29. The van der Waals surface area contributed by atoms with E-state index in [9.17, 15) is 0 Å². The maximum atomic E-state index is 6.63. The van der Waals surface area contributed by atoms with Crippen LogP contribution in [0.1, 0.15) is 91.4 Å². The SMILES string of the molecule is CC(N)CC1(CN2CCC(OC3CCC4(CC3)CCN(C(C)C)CC4)CC2)CC1. The first kappa shape index (κ1) is 22.0. The summed E-state index contributed by atoms with van der Waals surface area (Å²) in [7, 11) is 0. The van der Waals surface area contributed by atoms with Crippen LogP contribution in [0.3, 0.4) is 0 Å². The van der Waals surface area contributed by atoms with Gasteiger partial charge >= 0.3 is 0 Å². The summed E-state index contributed by atoms with van der Waals surface area (Å²) in [4.78, 5) is 5.37. The highest BCUT2D eigenvalue weighted by atomic mass is 16.5. The molecule has 1 atom stereocenters. The molecule has 0 bridgehead atoms. The fraction of sp³-hybridized carbons (Fsp3) is 1.00. The molecule has 4 aliphatic rings. The highest BCUT2D eigenvalue weighted by Gasteiger charge is 2.44. The Morgan fingerprint density at radius 3 is 1.93 bits per heavy atom. The lowest BCUT2D eigenvalue weighted by molar-refractivity contribution is -0.0799. The predicted octanol–water partition coefficient (Wildman–Crippen LogP) is 4.42. The predicted molar refractivity (Wildman–Crippen MR) is 121 cm³/mol. The highest BCUT2D eigenvalue weighted by molar-refractivity contribution is 4.98. The Labute approximate surface area is 179 Å². The van der Waals surface area contributed by atoms with Gasteiger partial charge in [-0.2, -0.15) is 0 Å². The molecule has 1 spiro atoms. The smallest absolute Gasteiger partial charge is 0.0603 e. The Hall–Kier alpha value is -0.160. The van der Waals surface area contributed by atoms with Crippen molar-refractivity contribution in [3.63, 3.8) is 0 Å². The normalized spacial score (nSPS) is 30.1. The van der Waals surface area contributed by atoms with Crippen LogP contribution in [-0.4, -0.2) is 66.8 Å². The van der Waals surface area contributed by atoms with Gasteiger partial charge in [-0.15, -0.1) is 0 Å². The Morgan fingerprint density at radius 1 is 0.828 bits per heavy atom. The quantitative estimate of drug-likeness (QED) is 0.681. The summed E-state index contributed by atoms with van der Waals surface area (Å²) in [6.45, 7) is 13.2. The van der Waals surface area contributed by atoms with Crippen LogP contribution in [0, 0.1) is 10.8 Å². The molecular formula is C25H47N3O. The largest absolute Gasteiger partial charge is 0.375 e. The molecule has 4 rings (SSSR count). The van der Waals surface area contributed by atoms with Crippen LogP contribution in [0.2, 0.25) is 0 Å². The van der Waals surface area contributed by atoms with Gasteiger partial charge in [-0.3, -0.25) is 0 Å². The standard InChI is InChI=1S/C25H47N3O/c1-20(2)28-16-12-24(13-17-28)8-4-22(5-9-24)29-23-6-14-27(15-7-23)19-25(10-11-25)18-21(3)26/h20-23H,4-19,26H2,1-3H3. The Morgan fingerprint density at radius 2 is 1.41 bits per heavy atom. The van der Waals surface area contributed by atoms with Crippen molar-refractivity contribution >= 4 is 0 Å². The summed E-state index contributed by atoms with van der Waals surface area (Å²) in [6, 6.07) is 1.07. The zero-order chi connectivity index (χ0) is 20.5. The lowest BCUT2D eigenvalue weighted by atomic mass is 9.67. The lowest BCUT2D eigenvalue weighted by Gasteiger charge is -2.47. The molecule has 4 nitrogen and oxygen atoms in total. The number of nitrogens with zero attached hydrogens (tertiary/aromatic N) is 2. The van der Waals surface area contributed by atoms with Gasteiger partial charge in [0.25, 0.3) is 0 Å². The highest BCUT2D eigenvalue weighted by Crippen LogP contribution is 2.50. The second-order valence-electron chi connectivity index (χ2n) is 11.6. The van der Waals surface area contributed by atoms with Crippen LogP contribution in [0.4, 0.5) is 0 Å². The van der Waals surface area contributed by atoms with Crippen molar-refractivity contribution < 1.29 is 4.74 Å². The van der Waals surface area contributed by atoms with E-state index in [1.807, 2.05) is 0 Å². The first-order valence-corrected chi connectivity index (χ1v) is 12.7. The van der Waals surface area contributed by atoms with Crippen LogP contribution >= 0.6 is 0 Å². The number of piperidine rings is 2. The third-order valence-electron chi connectivity index (χ3n) is 8.77. The van der Waals surface area contributed by atoms with Crippen molar-refractivity contribution in [3.8, 4) is 0 Å². The van der Waals surface area contributed by atoms with Gasteiger partial charge in [0, 0.05) is 31.7 Å². The zero-order valence-corrected chi connectivity index (χ0v) is 19.5. The minimum absolute atomic E-state index is 0.352. The monoisotopic (exact) mass is 405 g/mol. The second kappa shape index (κ2) is 9.14. The molecular weight excluding hydrogens is 358 g/mol. The average Bonchev–Trinajstić information content (AvgIpc) is 3.44. The van der Waals surface area contributed by atoms with Gasteiger partial charge in [0.1, 0.15) is 0 Å². The molecule has 1 unspecified atom stereocenters. The van der Waals surface area contributed by atoms with Crippen molar-refractivity contribution in [2.75, 3.05) is 32.7 Å². The van der Waals surface area contributed by atoms with Gasteiger partial charge < -0.3 is 20.3 Å². The van der Waals surface area contributed by atoms with E-state index in [0.29, 0.717) is 35.1 Å². The minimum atomic E-state index is 0.352. The van der Waals surface area contributed by atoms with Gasteiger partial charge in [0.05, 0.1) is 12.2 Å². The Bertz CT molecular complexity index is 504. The van der Waals surface area contributed by atoms with Crippen LogP contribution < -0.4 is 5.73 Å². The van der Waals surface area contributed by atoms with E-state index in [4.69, 9.17) is 10.5 Å². The fourth-order valence-corrected chi connectivity index (χ4v) is 6.59. The molecule has 2 N–H and O–H groups in total. The molecule has 168 valence electrons. The van der Waals surface area contributed by atoms with Crippen LogP contribution in [-0.2, 0) is 4.74 Å². The molecule has 4 heteroatoms. The molecule has 0 aromatic heterocycles. The lowest BCUT2D eigenvalue weighted by Crippen LogP contribution is -2.46. The summed E-state index contributed by atoms with van der Waals surface area (Å²) in [5, 5.41) is 0. The third-order valence-corrected chi connectivity index (χ3v) is 8.77. The van der Waals surface area contributed by atoms with Crippen molar-refractivity contribution in [3.05, 3.63) is 0 Å². The number of hydrogen-bond donors (Lipinski definition) is 1. The summed E-state index contributed by atoms with van der Waals surface area (Å²) < 4.78 is 6.63. The van der Waals surface area contributed by atoms with Crippen LogP contribution in [0.15, 0.2) is 0 Å². The maximum Gasteiger partial charge on any atom is 0.0603 e. The molecule has 29 heavy (non-hydrogen) atoms. The van der Waals surface area contributed by atoms with Gasteiger partial charge in [-0.1, -0.05) is 0 Å². The minimum Gasteiger partial charge on any atom is -0.375 e. The third kappa shape index (κ3) is 5.75. The molecule has 0 radical (unpaired) electrons. The van der Waals surface area contributed by atoms with Crippen LogP contribution in [0.5, 0.6) is 0 Å². The molecule has 4 fully saturated rings. The Balaban J connectivity index is 1.14. The van der Waals surface area contributed by atoms with Crippen LogP contribution in [0.25, 0.3) is 0 Å². The molecule has 2 aliphatic carbocycles. The Kier molecular flexibility index (Phi) is 6.95. The van der Waals surface area contributed by atoms with E-state index in [0.717, 1.165) is 0 Å². The topological polar surface area (TPSA) is 41.7 Å². The first-order valence-electron chi connectivity index (χ1n) is 12.7. The maximum absolute atomic E-state index is 6.63. The van der Waals surface area contributed by atoms with E-state index in [1.54, 1.807) is 0 Å². The molecule has 2 aliphatic heterocycles. The molecule has 2 heterocycles.